The third-order valence-corrected chi connectivity index (χ3v) is 5.80. The zero-order valence-electron chi connectivity index (χ0n) is 17.6. The van der Waals surface area contributed by atoms with Gasteiger partial charge in [0, 0.05) is 44.6 Å². The van der Waals surface area contributed by atoms with E-state index in [4.69, 9.17) is 9.72 Å². The molecule has 3 aromatic heterocycles. The number of morpholine rings is 1. The molecule has 0 amide bonds. The Morgan fingerprint density at radius 3 is 2.45 bits per heavy atom. The molecule has 1 fully saturated rings. The van der Waals surface area contributed by atoms with Gasteiger partial charge in [0.25, 0.3) is 5.56 Å². The predicted molar refractivity (Wildman–Crippen MR) is 112 cm³/mol. The Kier molecular flexibility index (Phi) is 4.95. The molecule has 1 saturated heterocycles. The molecule has 0 radical (unpaired) electrons. The number of aromatic nitrogens is 5. The van der Waals surface area contributed by atoms with Gasteiger partial charge in [-0.15, -0.1) is 0 Å². The molecule has 156 valence electrons. The van der Waals surface area contributed by atoms with Crippen LogP contribution in [-0.4, -0.2) is 60.8 Å². The molecule has 9 nitrogen and oxygen atoms in total. The molecule has 0 aromatic carbocycles. The first-order valence-corrected chi connectivity index (χ1v) is 9.93. The molecule has 0 saturated carbocycles. The lowest BCUT2D eigenvalue weighted by Gasteiger charge is -2.26. The zero-order valence-corrected chi connectivity index (χ0v) is 17.6. The van der Waals surface area contributed by atoms with E-state index in [0.29, 0.717) is 16.9 Å². The van der Waals surface area contributed by atoms with Crippen LogP contribution in [0.3, 0.4) is 0 Å². The zero-order chi connectivity index (χ0) is 20.9. The smallest absolute Gasteiger partial charge is 0.332 e. The number of hydrogen-bond acceptors (Lipinski definition) is 5. The van der Waals surface area contributed by atoms with Crippen molar-refractivity contribution in [3.63, 3.8) is 0 Å². The highest BCUT2D eigenvalue weighted by Gasteiger charge is 2.23. The molecule has 0 bridgehead atoms. The summed E-state index contributed by atoms with van der Waals surface area (Å²) in [6.45, 7) is 14.9. The fraction of sp³-hybridized carbons (Fsp3) is 0.550. The molecule has 4 heterocycles. The summed E-state index contributed by atoms with van der Waals surface area (Å²) in [5, 5.41) is 0. The average Bonchev–Trinajstić information content (AvgIpc) is 3.19. The second-order valence-corrected chi connectivity index (χ2v) is 7.89. The van der Waals surface area contributed by atoms with Crippen LogP contribution in [0, 0.1) is 13.8 Å². The van der Waals surface area contributed by atoms with Gasteiger partial charge < -0.3 is 9.30 Å². The van der Waals surface area contributed by atoms with E-state index in [1.165, 1.54) is 9.13 Å². The minimum absolute atomic E-state index is 0.199. The summed E-state index contributed by atoms with van der Waals surface area (Å²) in [6.07, 6.45) is 0. The van der Waals surface area contributed by atoms with Crippen LogP contribution in [0.4, 0.5) is 0 Å². The summed E-state index contributed by atoms with van der Waals surface area (Å²) in [7, 11) is 1.66. The van der Waals surface area contributed by atoms with Gasteiger partial charge in [0.05, 0.1) is 19.8 Å². The van der Waals surface area contributed by atoms with E-state index in [9.17, 15) is 9.59 Å². The standard InChI is InChI=1S/C20H28N6O3/c1-13(2)12-25-18(27)16-17(22(5)20(25)28)21-19-24(14(3)15(4)26(16)19)7-6-23-8-10-29-11-9-23/h1,6-12H2,2-5H3. The third-order valence-electron chi connectivity index (χ3n) is 5.80. The second kappa shape index (κ2) is 7.31. The van der Waals surface area contributed by atoms with E-state index >= 15 is 0 Å². The predicted octanol–water partition coefficient (Wildman–Crippen LogP) is 0.675. The van der Waals surface area contributed by atoms with Crippen molar-refractivity contribution in [2.24, 2.45) is 7.05 Å². The summed E-state index contributed by atoms with van der Waals surface area (Å²) >= 11 is 0. The van der Waals surface area contributed by atoms with E-state index in [0.717, 1.165) is 56.4 Å². The number of ether oxygens (including phenoxy) is 1. The highest BCUT2D eigenvalue weighted by atomic mass is 16.5. The Labute approximate surface area is 168 Å². The van der Waals surface area contributed by atoms with Crippen LogP contribution in [-0.2, 0) is 24.9 Å². The lowest BCUT2D eigenvalue weighted by atomic mass is 10.3. The lowest BCUT2D eigenvalue weighted by molar-refractivity contribution is 0.0364. The average molecular weight is 400 g/mol. The molecule has 0 aliphatic carbocycles. The van der Waals surface area contributed by atoms with Gasteiger partial charge in [0.1, 0.15) is 0 Å². The molecule has 29 heavy (non-hydrogen) atoms. The maximum absolute atomic E-state index is 13.2. The van der Waals surface area contributed by atoms with Crippen molar-refractivity contribution >= 4 is 16.9 Å². The summed E-state index contributed by atoms with van der Waals surface area (Å²) in [4.78, 5) is 33.0. The van der Waals surface area contributed by atoms with E-state index in [-0.39, 0.29) is 17.8 Å². The number of imidazole rings is 2. The van der Waals surface area contributed by atoms with Crippen molar-refractivity contribution in [1.82, 2.24) is 28.0 Å². The largest absolute Gasteiger partial charge is 0.379 e. The Morgan fingerprint density at radius 1 is 1.10 bits per heavy atom. The molecule has 0 atom stereocenters. The molecular formula is C20H28N6O3. The lowest BCUT2D eigenvalue weighted by Crippen LogP contribution is -2.39. The third kappa shape index (κ3) is 3.14. The number of nitrogens with zero attached hydrogens (tertiary/aromatic N) is 6. The Morgan fingerprint density at radius 2 is 1.79 bits per heavy atom. The van der Waals surface area contributed by atoms with Gasteiger partial charge >= 0.3 is 5.69 Å². The number of aryl methyl sites for hydroxylation is 2. The summed E-state index contributed by atoms with van der Waals surface area (Å²) in [6, 6.07) is 0. The van der Waals surface area contributed by atoms with Gasteiger partial charge in [-0.3, -0.25) is 23.2 Å². The first kappa shape index (κ1) is 19.7. The van der Waals surface area contributed by atoms with Gasteiger partial charge in [-0.05, 0) is 20.8 Å². The van der Waals surface area contributed by atoms with Crippen LogP contribution in [0.2, 0.25) is 0 Å². The van der Waals surface area contributed by atoms with Crippen LogP contribution in [0.15, 0.2) is 21.7 Å². The summed E-state index contributed by atoms with van der Waals surface area (Å²) in [5.41, 5.74) is 2.93. The van der Waals surface area contributed by atoms with Crippen LogP contribution >= 0.6 is 0 Å². The fourth-order valence-corrected chi connectivity index (χ4v) is 4.06. The second-order valence-electron chi connectivity index (χ2n) is 7.89. The normalized spacial score (nSPS) is 15.6. The molecule has 0 unspecified atom stereocenters. The molecule has 4 rings (SSSR count). The number of hydrogen-bond donors (Lipinski definition) is 0. The molecular weight excluding hydrogens is 372 g/mol. The van der Waals surface area contributed by atoms with Gasteiger partial charge in [-0.2, -0.15) is 4.98 Å². The van der Waals surface area contributed by atoms with Crippen LogP contribution < -0.4 is 11.2 Å². The minimum atomic E-state index is -0.375. The van der Waals surface area contributed by atoms with Gasteiger partial charge in [0.15, 0.2) is 11.2 Å². The first-order valence-electron chi connectivity index (χ1n) is 9.93. The quantitative estimate of drug-likeness (QED) is 0.589. The molecule has 0 N–H and O–H groups in total. The van der Waals surface area contributed by atoms with Crippen molar-refractivity contribution < 1.29 is 4.74 Å². The number of allylic oxidation sites excluding steroid dienone is 1. The molecule has 3 aromatic rings. The Bertz CT molecular complexity index is 1220. The van der Waals surface area contributed by atoms with Crippen LogP contribution in [0.1, 0.15) is 18.3 Å². The van der Waals surface area contributed by atoms with Gasteiger partial charge in [-0.25, -0.2) is 4.79 Å². The molecule has 0 spiro atoms. The van der Waals surface area contributed by atoms with Crippen molar-refractivity contribution in [2.45, 2.75) is 33.9 Å². The molecule has 9 heteroatoms. The summed E-state index contributed by atoms with van der Waals surface area (Å²) in [5.74, 6) is 0.698. The van der Waals surface area contributed by atoms with Gasteiger partial charge in [-0.1, -0.05) is 12.2 Å². The maximum Gasteiger partial charge on any atom is 0.332 e. The minimum Gasteiger partial charge on any atom is -0.379 e. The first-order chi connectivity index (χ1) is 13.8. The van der Waals surface area contributed by atoms with E-state index < -0.39 is 0 Å². The van der Waals surface area contributed by atoms with Crippen LogP contribution in [0.25, 0.3) is 16.9 Å². The SMILES string of the molecule is C=C(C)Cn1c(=O)c2c(nc3n(CCN4CCOCC4)c(C)c(C)n23)n(C)c1=O. The van der Waals surface area contributed by atoms with Crippen molar-refractivity contribution in [2.75, 3.05) is 32.8 Å². The number of rotatable bonds is 5. The highest BCUT2D eigenvalue weighted by molar-refractivity contribution is 5.76. The fourth-order valence-electron chi connectivity index (χ4n) is 4.06. The monoisotopic (exact) mass is 400 g/mol. The number of fused-ring (bicyclic) bond motifs is 3. The van der Waals surface area contributed by atoms with Crippen LogP contribution in [0.5, 0.6) is 0 Å². The maximum atomic E-state index is 13.2. The van der Waals surface area contributed by atoms with E-state index in [1.807, 2.05) is 18.2 Å². The topological polar surface area (TPSA) is 78.7 Å². The molecule has 1 aliphatic rings. The van der Waals surface area contributed by atoms with Crippen molar-refractivity contribution in [3.05, 3.63) is 44.4 Å². The Hall–Kier alpha value is -2.65. The summed E-state index contributed by atoms with van der Waals surface area (Å²) < 4.78 is 12.1. The van der Waals surface area contributed by atoms with E-state index in [1.54, 1.807) is 14.0 Å². The van der Waals surface area contributed by atoms with Gasteiger partial charge in [0.2, 0.25) is 5.78 Å². The Balaban J connectivity index is 1.88. The highest BCUT2D eigenvalue weighted by Crippen LogP contribution is 2.20. The van der Waals surface area contributed by atoms with Crippen molar-refractivity contribution in [3.8, 4) is 0 Å². The van der Waals surface area contributed by atoms with E-state index in [2.05, 4.69) is 16.0 Å². The van der Waals surface area contributed by atoms with Crippen molar-refractivity contribution in [1.29, 1.82) is 0 Å². The molecule has 1 aliphatic heterocycles.